The van der Waals surface area contributed by atoms with Crippen LogP contribution in [0.15, 0.2) is 51.8 Å². The molecule has 0 spiro atoms. The van der Waals surface area contributed by atoms with Crippen LogP contribution in [0.1, 0.15) is 12.0 Å². The molecule has 1 amide bonds. The second-order valence-corrected chi connectivity index (χ2v) is 8.61. The normalized spacial score (nSPS) is 15.1. The first-order valence-corrected chi connectivity index (χ1v) is 10.5. The van der Waals surface area contributed by atoms with Crippen molar-refractivity contribution in [3.63, 3.8) is 0 Å². The van der Waals surface area contributed by atoms with Crippen LogP contribution in [0.5, 0.6) is 11.5 Å². The molecule has 0 atom stereocenters. The van der Waals surface area contributed by atoms with Gasteiger partial charge in [-0.15, -0.1) is 0 Å². The predicted octanol–water partition coefficient (Wildman–Crippen LogP) is 5.44. The number of hydrogen-bond donors (Lipinski definition) is 1. The number of ether oxygens (including phenoxy) is 2. The molecule has 1 aliphatic heterocycles. The van der Waals surface area contributed by atoms with Crippen LogP contribution in [-0.4, -0.2) is 23.4 Å². The van der Waals surface area contributed by atoms with E-state index < -0.39 is 0 Å². The Morgan fingerprint density at radius 1 is 1.15 bits per heavy atom. The summed E-state index contributed by atoms with van der Waals surface area (Å²) < 4.78 is 12.9. The van der Waals surface area contributed by atoms with E-state index in [1.165, 1.54) is 11.8 Å². The number of benzene rings is 2. The summed E-state index contributed by atoms with van der Waals surface area (Å²) in [6.07, 6.45) is 2.50. The second-order valence-electron chi connectivity index (χ2n) is 5.54. The fourth-order valence-electron chi connectivity index (χ4n) is 2.29. The predicted molar refractivity (Wildman–Crippen MR) is 118 cm³/mol. The summed E-state index contributed by atoms with van der Waals surface area (Å²) in [7, 11) is 0. The number of amides is 1. The Morgan fingerprint density at radius 3 is 2.59 bits per heavy atom. The van der Waals surface area contributed by atoms with Gasteiger partial charge in [0.2, 0.25) is 0 Å². The minimum absolute atomic E-state index is 0.188. The van der Waals surface area contributed by atoms with Gasteiger partial charge in [0.1, 0.15) is 15.8 Å². The van der Waals surface area contributed by atoms with Gasteiger partial charge >= 0.3 is 0 Å². The molecule has 8 heteroatoms. The van der Waals surface area contributed by atoms with Crippen LogP contribution in [0.4, 0.5) is 0 Å². The third-order valence-corrected chi connectivity index (χ3v) is 5.44. The molecule has 1 N–H and O–H groups in total. The molecule has 0 unspecified atom stereocenters. The first-order chi connectivity index (χ1) is 13.0. The molecule has 1 aliphatic rings. The number of rotatable bonds is 7. The van der Waals surface area contributed by atoms with Gasteiger partial charge in [0.05, 0.1) is 18.1 Å². The summed E-state index contributed by atoms with van der Waals surface area (Å²) in [5.41, 5.74) is 0.811. The van der Waals surface area contributed by atoms with E-state index in [9.17, 15) is 4.79 Å². The average molecular weight is 485 g/mol. The molecule has 0 radical (unpaired) electrons. The van der Waals surface area contributed by atoms with Crippen molar-refractivity contribution in [1.82, 2.24) is 5.32 Å². The highest BCUT2D eigenvalue weighted by Crippen LogP contribution is 2.31. The zero-order valence-corrected chi connectivity index (χ0v) is 18.0. The summed E-state index contributed by atoms with van der Waals surface area (Å²) in [5, 5.41) is 3.29. The van der Waals surface area contributed by atoms with E-state index >= 15 is 0 Å². The van der Waals surface area contributed by atoms with E-state index in [1.54, 1.807) is 18.2 Å². The van der Waals surface area contributed by atoms with Gasteiger partial charge < -0.3 is 14.8 Å². The minimum Gasteiger partial charge on any atom is -0.493 e. The molecular weight excluding hydrogens is 470 g/mol. The third-order valence-electron chi connectivity index (χ3n) is 3.53. The highest BCUT2D eigenvalue weighted by Gasteiger charge is 2.22. The van der Waals surface area contributed by atoms with Gasteiger partial charge in [-0.1, -0.05) is 51.5 Å². The third kappa shape index (κ3) is 5.97. The smallest absolute Gasteiger partial charge is 0.263 e. The second kappa shape index (κ2) is 9.59. The lowest BCUT2D eigenvalue weighted by molar-refractivity contribution is -0.115. The lowest BCUT2D eigenvalue weighted by atomic mass is 10.2. The first-order valence-electron chi connectivity index (χ1n) is 8.07. The van der Waals surface area contributed by atoms with E-state index in [1.807, 2.05) is 30.3 Å². The van der Waals surface area contributed by atoms with Gasteiger partial charge in [-0.3, -0.25) is 4.79 Å². The highest BCUT2D eigenvalue weighted by molar-refractivity contribution is 9.10. The van der Waals surface area contributed by atoms with Crippen LogP contribution in [0.25, 0.3) is 6.08 Å². The fourth-order valence-corrected chi connectivity index (χ4v) is 3.83. The maximum absolute atomic E-state index is 11.9. The number of hydrogen-bond acceptors (Lipinski definition) is 5. The van der Waals surface area contributed by atoms with E-state index in [0.717, 1.165) is 15.8 Å². The lowest BCUT2D eigenvalue weighted by Crippen LogP contribution is -2.17. The zero-order valence-electron chi connectivity index (χ0n) is 14.0. The molecule has 140 valence electrons. The molecule has 27 heavy (non-hydrogen) atoms. The molecule has 4 nitrogen and oxygen atoms in total. The van der Waals surface area contributed by atoms with Crippen molar-refractivity contribution < 1.29 is 14.3 Å². The Bertz CT molecular complexity index is 887. The quantitative estimate of drug-likeness (QED) is 0.322. The topological polar surface area (TPSA) is 47.6 Å². The summed E-state index contributed by atoms with van der Waals surface area (Å²) in [5.74, 6) is 1.28. The number of thiocarbonyl (C=S) groups is 1. The SMILES string of the molecule is O=C1NC(=S)S/C1=C\c1cc(Br)ccc1OCCCOc1ccc(Cl)cc1. The Labute approximate surface area is 180 Å². The molecule has 0 bridgehead atoms. The molecule has 2 aromatic carbocycles. The van der Waals surface area contributed by atoms with Crippen LogP contribution >= 0.6 is 51.5 Å². The van der Waals surface area contributed by atoms with Gasteiger partial charge in [-0.25, -0.2) is 0 Å². The summed E-state index contributed by atoms with van der Waals surface area (Å²) >= 11 is 15.6. The van der Waals surface area contributed by atoms with Crippen LogP contribution in [0, 0.1) is 0 Å². The monoisotopic (exact) mass is 483 g/mol. The van der Waals surface area contributed by atoms with Crippen molar-refractivity contribution >= 4 is 67.8 Å². The van der Waals surface area contributed by atoms with Crippen LogP contribution in [0.3, 0.4) is 0 Å². The van der Waals surface area contributed by atoms with E-state index in [4.69, 9.17) is 33.3 Å². The molecule has 0 aliphatic carbocycles. The highest BCUT2D eigenvalue weighted by atomic mass is 79.9. The van der Waals surface area contributed by atoms with Crippen molar-refractivity contribution in [1.29, 1.82) is 0 Å². The van der Waals surface area contributed by atoms with Gasteiger partial charge in [0.25, 0.3) is 5.91 Å². The molecule has 1 saturated heterocycles. The van der Waals surface area contributed by atoms with Gasteiger partial charge in [-0.2, -0.15) is 0 Å². The minimum atomic E-state index is -0.188. The van der Waals surface area contributed by atoms with E-state index in [2.05, 4.69) is 21.2 Å². The Morgan fingerprint density at radius 2 is 1.89 bits per heavy atom. The van der Waals surface area contributed by atoms with Crippen molar-refractivity contribution in [2.24, 2.45) is 0 Å². The number of carbonyl (C=O) groups is 1. The summed E-state index contributed by atoms with van der Waals surface area (Å²) in [6, 6.07) is 12.9. The maximum Gasteiger partial charge on any atom is 0.263 e. The van der Waals surface area contributed by atoms with Crippen LogP contribution in [0.2, 0.25) is 5.02 Å². The molecular formula is C19H15BrClNO3S2. The number of carbonyl (C=O) groups excluding carboxylic acids is 1. The largest absolute Gasteiger partial charge is 0.493 e. The Kier molecular flexibility index (Phi) is 7.18. The van der Waals surface area contributed by atoms with Crippen molar-refractivity contribution in [2.45, 2.75) is 6.42 Å². The van der Waals surface area contributed by atoms with Gasteiger partial charge in [0, 0.05) is 21.5 Å². The van der Waals surface area contributed by atoms with Crippen LogP contribution < -0.4 is 14.8 Å². The standard InChI is InChI=1S/C19H15BrClNO3S2/c20-13-2-7-16(12(10-13)11-17-18(23)22-19(26)27-17)25-9-1-8-24-15-5-3-14(21)4-6-15/h2-7,10-11H,1,8-9H2,(H,22,23,26)/b17-11-. The fraction of sp³-hybridized carbons (Fsp3) is 0.158. The maximum atomic E-state index is 11.9. The van der Waals surface area contributed by atoms with Crippen molar-refractivity contribution in [3.8, 4) is 11.5 Å². The number of thioether (sulfide) groups is 1. The van der Waals surface area contributed by atoms with Gasteiger partial charge in [0.15, 0.2) is 0 Å². The van der Waals surface area contributed by atoms with Crippen molar-refractivity contribution in [3.05, 3.63) is 62.4 Å². The number of nitrogens with one attached hydrogen (secondary N) is 1. The molecule has 1 fully saturated rings. The Hall–Kier alpha value is -1.54. The number of halogens is 2. The zero-order chi connectivity index (χ0) is 19.2. The summed E-state index contributed by atoms with van der Waals surface area (Å²) in [6.45, 7) is 1.02. The molecule has 1 heterocycles. The van der Waals surface area contributed by atoms with Gasteiger partial charge in [-0.05, 0) is 48.5 Å². The molecule has 2 aromatic rings. The van der Waals surface area contributed by atoms with E-state index in [0.29, 0.717) is 39.6 Å². The molecule has 3 rings (SSSR count). The molecule has 0 aromatic heterocycles. The average Bonchev–Trinajstić information content (AvgIpc) is 2.95. The summed E-state index contributed by atoms with van der Waals surface area (Å²) in [4.78, 5) is 12.4. The lowest BCUT2D eigenvalue weighted by Gasteiger charge is -2.11. The van der Waals surface area contributed by atoms with Crippen LogP contribution in [-0.2, 0) is 4.79 Å². The Balaban J connectivity index is 1.57. The van der Waals surface area contributed by atoms with E-state index in [-0.39, 0.29) is 5.91 Å². The first kappa shape index (κ1) is 20.2. The molecule has 0 saturated carbocycles. The van der Waals surface area contributed by atoms with Crippen molar-refractivity contribution in [2.75, 3.05) is 13.2 Å².